The average Bonchev–Trinajstić information content (AvgIpc) is 3.18. The van der Waals surface area contributed by atoms with E-state index in [0.717, 1.165) is 5.69 Å². The maximum absolute atomic E-state index is 13.5. The largest absolute Gasteiger partial charge is 0.377 e. The Morgan fingerprint density at radius 3 is 3.04 bits per heavy atom. The first-order valence-electron chi connectivity index (χ1n) is 7.88. The van der Waals surface area contributed by atoms with E-state index in [9.17, 15) is 13.9 Å². The molecule has 1 unspecified atom stereocenters. The smallest absolute Gasteiger partial charge is 0.273 e. The summed E-state index contributed by atoms with van der Waals surface area (Å²) in [5.74, 6) is 0. The van der Waals surface area contributed by atoms with Crippen molar-refractivity contribution in [3.8, 4) is 0 Å². The summed E-state index contributed by atoms with van der Waals surface area (Å²) in [6, 6.07) is 1.33. The lowest BCUT2D eigenvalue weighted by molar-refractivity contribution is -0.204. The maximum atomic E-state index is 13.5. The fourth-order valence-electron chi connectivity index (χ4n) is 3.62. The molecule has 4 rings (SSSR count). The number of aryl methyl sites for hydroxylation is 1. The van der Waals surface area contributed by atoms with Gasteiger partial charge in [-0.3, -0.25) is 4.68 Å². The third-order valence-corrected chi connectivity index (χ3v) is 6.39. The van der Waals surface area contributed by atoms with Gasteiger partial charge in [-0.2, -0.15) is 0 Å². The van der Waals surface area contributed by atoms with E-state index in [0.29, 0.717) is 28.6 Å². The summed E-state index contributed by atoms with van der Waals surface area (Å²) in [7, 11) is 1.78. The molecule has 3 atom stereocenters. The highest BCUT2D eigenvalue weighted by Gasteiger charge is 2.54. The van der Waals surface area contributed by atoms with E-state index in [2.05, 4.69) is 15.6 Å². The second-order valence-electron chi connectivity index (χ2n) is 6.58. The van der Waals surface area contributed by atoms with Gasteiger partial charge in [0.15, 0.2) is 5.60 Å². The zero-order valence-electron chi connectivity index (χ0n) is 13.4. The molecule has 136 valence electrons. The second kappa shape index (κ2) is 5.95. The van der Waals surface area contributed by atoms with E-state index >= 15 is 0 Å². The highest BCUT2D eigenvalue weighted by Crippen LogP contribution is 2.53. The van der Waals surface area contributed by atoms with E-state index in [-0.39, 0.29) is 11.6 Å². The van der Waals surface area contributed by atoms with Crippen LogP contribution in [0.25, 0.3) is 0 Å². The van der Waals surface area contributed by atoms with Gasteiger partial charge in [0.05, 0.1) is 22.7 Å². The molecule has 4 heterocycles. The fourth-order valence-corrected chi connectivity index (χ4v) is 5.10. The molecule has 1 fully saturated rings. The van der Waals surface area contributed by atoms with Crippen molar-refractivity contribution in [2.45, 2.75) is 36.5 Å². The maximum Gasteiger partial charge on any atom is 0.273 e. The molecule has 0 radical (unpaired) electrons. The zero-order valence-corrected chi connectivity index (χ0v) is 14.9. The van der Waals surface area contributed by atoms with Crippen LogP contribution < -0.4 is 5.32 Å². The SMILES string of the molecule is Cn1cc([C@@H]2C[C@]3(CCN2)OCC(O)(C(F)F)c2cc(Cl)sc23)nn1. The van der Waals surface area contributed by atoms with E-state index in [1.807, 2.05) is 6.20 Å². The van der Waals surface area contributed by atoms with E-state index in [1.165, 1.54) is 17.4 Å². The molecular formula is C15H17ClF2N4O2S. The van der Waals surface area contributed by atoms with Crippen molar-refractivity contribution < 1.29 is 18.6 Å². The van der Waals surface area contributed by atoms with Crippen molar-refractivity contribution in [3.05, 3.63) is 32.7 Å². The molecule has 10 heteroatoms. The van der Waals surface area contributed by atoms with Crippen molar-refractivity contribution >= 4 is 22.9 Å². The molecule has 0 aliphatic carbocycles. The van der Waals surface area contributed by atoms with Crippen LogP contribution in [0, 0.1) is 0 Å². The number of piperidine rings is 1. The van der Waals surface area contributed by atoms with Gasteiger partial charge >= 0.3 is 0 Å². The summed E-state index contributed by atoms with van der Waals surface area (Å²) >= 11 is 7.30. The standard InChI is InChI=1S/C15H17ClF2N4O2S/c1-22-6-10(20-21-22)9-5-14(2-3-19-9)12-8(4-11(16)25-12)15(23,7-24-14)13(17)18/h4,6,9,13,19,23H,2-3,5,7H2,1H3/t9-,14-,15?/m0/s1. The predicted octanol–water partition coefficient (Wildman–Crippen LogP) is 2.33. The number of fused-ring (bicyclic) bond motifs is 2. The number of nitrogens with zero attached hydrogens (tertiary/aromatic N) is 3. The molecular weight excluding hydrogens is 374 g/mol. The molecule has 2 aliphatic rings. The number of nitrogens with one attached hydrogen (secondary N) is 1. The average molecular weight is 391 g/mol. The topological polar surface area (TPSA) is 72.2 Å². The molecule has 2 aliphatic heterocycles. The summed E-state index contributed by atoms with van der Waals surface area (Å²) in [5, 5.41) is 21.9. The molecule has 1 spiro atoms. The number of hydrogen-bond acceptors (Lipinski definition) is 6. The lowest BCUT2D eigenvalue weighted by Crippen LogP contribution is -2.52. The lowest BCUT2D eigenvalue weighted by Gasteiger charge is -2.47. The first-order valence-corrected chi connectivity index (χ1v) is 9.08. The quantitative estimate of drug-likeness (QED) is 0.823. The summed E-state index contributed by atoms with van der Waals surface area (Å²) in [5.41, 5.74) is -2.13. The molecule has 0 saturated carbocycles. The number of aliphatic hydroxyl groups is 1. The first kappa shape index (κ1) is 17.3. The van der Waals surface area contributed by atoms with Gasteiger partial charge in [-0.25, -0.2) is 8.78 Å². The van der Waals surface area contributed by atoms with Gasteiger partial charge in [0.25, 0.3) is 6.43 Å². The highest BCUT2D eigenvalue weighted by molar-refractivity contribution is 7.16. The summed E-state index contributed by atoms with van der Waals surface area (Å²) < 4.78 is 34.9. The Morgan fingerprint density at radius 1 is 1.56 bits per heavy atom. The number of ether oxygens (including phenoxy) is 1. The number of hydrogen-bond donors (Lipinski definition) is 2. The normalized spacial score (nSPS) is 32.3. The molecule has 0 aromatic carbocycles. The van der Waals surface area contributed by atoms with Crippen LogP contribution in [0.15, 0.2) is 12.3 Å². The monoisotopic (exact) mass is 390 g/mol. The summed E-state index contributed by atoms with van der Waals surface area (Å²) in [6.45, 7) is 0.168. The second-order valence-corrected chi connectivity index (χ2v) is 8.26. The van der Waals surface area contributed by atoms with Crippen LogP contribution in [0.5, 0.6) is 0 Å². The van der Waals surface area contributed by atoms with Crippen LogP contribution in [-0.2, 0) is 23.0 Å². The Bertz CT molecular complexity index is 800. The number of halogens is 3. The Morgan fingerprint density at radius 2 is 2.36 bits per heavy atom. The molecule has 0 bridgehead atoms. The van der Waals surface area contributed by atoms with E-state index in [1.54, 1.807) is 11.7 Å². The Kier molecular flexibility index (Phi) is 4.12. The van der Waals surface area contributed by atoms with Crippen molar-refractivity contribution in [2.75, 3.05) is 13.2 Å². The van der Waals surface area contributed by atoms with Gasteiger partial charge in [-0.1, -0.05) is 16.8 Å². The van der Waals surface area contributed by atoms with Gasteiger partial charge in [-0.05, 0) is 19.0 Å². The van der Waals surface area contributed by atoms with Crippen LogP contribution in [0.1, 0.15) is 35.0 Å². The van der Waals surface area contributed by atoms with Gasteiger partial charge in [-0.15, -0.1) is 16.4 Å². The van der Waals surface area contributed by atoms with Crippen LogP contribution in [0.2, 0.25) is 4.34 Å². The Labute approximate surface area is 151 Å². The van der Waals surface area contributed by atoms with Crippen LogP contribution in [0.3, 0.4) is 0 Å². The first-order chi connectivity index (χ1) is 11.8. The minimum absolute atomic E-state index is 0.117. The molecule has 6 nitrogen and oxygen atoms in total. The molecule has 2 N–H and O–H groups in total. The van der Waals surface area contributed by atoms with Crippen molar-refractivity contribution in [2.24, 2.45) is 7.05 Å². The fraction of sp³-hybridized carbons (Fsp3) is 0.600. The minimum Gasteiger partial charge on any atom is -0.377 e. The van der Waals surface area contributed by atoms with Gasteiger partial charge < -0.3 is 15.2 Å². The lowest BCUT2D eigenvalue weighted by atomic mass is 9.78. The molecule has 0 amide bonds. The van der Waals surface area contributed by atoms with Crippen molar-refractivity contribution in [1.82, 2.24) is 20.3 Å². The summed E-state index contributed by atoms with van der Waals surface area (Å²) in [6.07, 6.45) is -0.0224. The highest BCUT2D eigenvalue weighted by atomic mass is 35.5. The predicted molar refractivity (Wildman–Crippen MR) is 87.8 cm³/mol. The minimum atomic E-state index is -2.95. The Hall–Kier alpha value is -1.13. The van der Waals surface area contributed by atoms with Crippen LogP contribution >= 0.6 is 22.9 Å². The molecule has 2 aromatic heterocycles. The number of alkyl halides is 2. The van der Waals surface area contributed by atoms with Crippen LogP contribution in [-0.4, -0.2) is 39.7 Å². The number of aromatic nitrogens is 3. The van der Waals surface area contributed by atoms with Crippen LogP contribution in [0.4, 0.5) is 8.78 Å². The zero-order chi connectivity index (χ0) is 17.8. The van der Waals surface area contributed by atoms with Gasteiger partial charge in [0.1, 0.15) is 5.60 Å². The summed E-state index contributed by atoms with van der Waals surface area (Å²) in [4.78, 5) is 0.585. The van der Waals surface area contributed by atoms with Gasteiger partial charge in [0.2, 0.25) is 0 Å². The van der Waals surface area contributed by atoms with E-state index in [4.69, 9.17) is 16.3 Å². The third-order valence-electron chi connectivity index (χ3n) is 4.94. The molecule has 2 aromatic rings. The van der Waals surface area contributed by atoms with Crippen molar-refractivity contribution in [1.29, 1.82) is 0 Å². The van der Waals surface area contributed by atoms with E-state index < -0.39 is 24.2 Å². The Balaban J connectivity index is 1.74. The third kappa shape index (κ3) is 2.69. The number of thiophene rings is 1. The van der Waals surface area contributed by atoms with Crippen molar-refractivity contribution in [3.63, 3.8) is 0 Å². The molecule has 25 heavy (non-hydrogen) atoms. The molecule has 1 saturated heterocycles. The van der Waals surface area contributed by atoms with Gasteiger partial charge in [0, 0.05) is 30.1 Å². The number of rotatable bonds is 2.